The summed E-state index contributed by atoms with van der Waals surface area (Å²) < 4.78 is 41.7. The Morgan fingerprint density at radius 3 is 2.52 bits per heavy atom. The monoisotopic (exact) mass is 655 g/mol. The maximum atomic E-state index is 14.5. The largest absolute Gasteiger partial charge is 0.385 e. The first kappa shape index (κ1) is 34.5. The number of carbonyl (C=O) groups is 3. The minimum atomic E-state index is -2.92. The number of hydrogen-bond donors (Lipinski definition) is 2. The number of aliphatic hydroxyl groups excluding tert-OH is 1. The summed E-state index contributed by atoms with van der Waals surface area (Å²) in [6, 6.07) is 12.1. The van der Waals surface area contributed by atoms with Crippen LogP contribution in [0.4, 0.5) is 18.9 Å². The second-order valence-electron chi connectivity index (χ2n) is 11.4. The zero-order valence-corrected chi connectivity index (χ0v) is 25.9. The second kappa shape index (κ2) is 14.8. The smallest absolute Gasteiger partial charge is 0.252 e. The molecule has 46 heavy (non-hydrogen) atoms. The number of ketones is 1. The van der Waals surface area contributed by atoms with Gasteiger partial charge in [0.25, 0.3) is 5.92 Å². The van der Waals surface area contributed by atoms with Gasteiger partial charge in [-0.15, -0.1) is 0 Å². The minimum Gasteiger partial charge on any atom is -0.385 e. The standard InChI is InChI=1S/C33H33ClF3N5O4/c1-3-20(30-39-12-11-22(18-38)40-30)14-28(44)27(43)13-19(2)32(46)42(24-8-6-7-21(35)15-24)29(25-9-4-5-10-26(25)34)31(45)41-23-16-33(36,37)17-23/h4-12,15,19-20,23,28-29,44H,3,13-14,16-17H2,1-2H3,(H,41,45). The molecule has 0 saturated heterocycles. The van der Waals surface area contributed by atoms with Gasteiger partial charge >= 0.3 is 0 Å². The summed E-state index contributed by atoms with van der Waals surface area (Å²) in [5, 5.41) is 22.6. The number of benzene rings is 2. The lowest BCUT2D eigenvalue weighted by Crippen LogP contribution is -2.54. The molecule has 1 saturated carbocycles. The number of nitriles is 1. The van der Waals surface area contributed by atoms with Gasteiger partial charge in [-0.3, -0.25) is 19.3 Å². The highest BCUT2D eigenvalue weighted by atomic mass is 35.5. The van der Waals surface area contributed by atoms with Crippen LogP contribution in [0.25, 0.3) is 0 Å². The molecule has 2 aromatic carbocycles. The van der Waals surface area contributed by atoms with Gasteiger partial charge < -0.3 is 10.4 Å². The van der Waals surface area contributed by atoms with Crippen molar-refractivity contribution in [1.29, 1.82) is 5.26 Å². The average molecular weight is 656 g/mol. The van der Waals surface area contributed by atoms with Gasteiger partial charge in [0.2, 0.25) is 11.8 Å². The number of hydrogen-bond acceptors (Lipinski definition) is 7. The predicted octanol–water partition coefficient (Wildman–Crippen LogP) is 5.67. The van der Waals surface area contributed by atoms with Crippen LogP contribution < -0.4 is 10.2 Å². The SMILES string of the molecule is CCC(CC(O)C(=O)CC(C)C(=O)N(c1cccc(F)c1)C(C(=O)NC1CC(F)(F)C1)c1ccccc1Cl)c1nccc(C#N)n1. The number of nitrogens with one attached hydrogen (secondary N) is 1. The van der Waals surface area contributed by atoms with Gasteiger partial charge in [0.15, 0.2) is 5.78 Å². The van der Waals surface area contributed by atoms with Crippen molar-refractivity contribution in [1.82, 2.24) is 15.3 Å². The third-order valence-electron chi connectivity index (χ3n) is 7.92. The van der Waals surface area contributed by atoms with Crippen molar-refractivity contribution in [3.63, 3.8) is 0 Å². The predicted molar refractivity (Wildman–Crippen MR) is 163 cm³/mol. The Balaban J connectivity index is 1.61. The summed E-state index contributed by atoms with van der Waals surface area (Å²) in [6.07, 6.45) is -1.27. The molecule has 4 atom stereocenters. The van der Waals surface area contributed by atoms with Crippen LogP contribution in [0.15, 0.2) is 60.8 Å². The van der Waals surface area contributed by atoms with Gasteiger partial charge in [0.1, 0.15) is 35.6 Å². The molecule has 1 fully saturated rings. The van der Waals surface area contributed by atoms with Gasteiger partial charge in [0.05, 0.1) is 0 Å². The van der Waals surface area contributed by atoms with Crippen molar-refractivity contribution in [2.75, 3.05) is 4.90 Å². The molecule has 2 amide bonds. The fraction of sp³-hybridized carbons (Fsp3) is 0.394. The summed E-state index contributed by atoms with van der Waals surface area (Å²) in [5.41, 5.74) is 0.280. The van der Waals surface area contributed by atoms with E-state index in [-0.39, 0.29) is 28.4 Å². The second-order valence-corrected chi connectivity index (χ2v) is 11.8. The van der Waals surface area contributed by atoms with E-state index < -0.39 is 78.6 Å². The molecule has 242 valence electrons. The highest BCUT2D eigenvalue weighted by Crippen LogP contribution is 2.39. The minimum absolute atomic E-state index is 0.0237. The molecule has 0 radical (unpaired) electrons. The molecule has 1 aliphatic carbocycles. The number of amides is 2. The molecule has 0 aliphatic heterocycles. The molecule has 1 aromatic heterocycles. The fourth-order valence-corrected chi connectivity index (χ4v) is 5.66. The first-order valence-corrected chi connectivity index (χ1v) is 15.2. The van der Waals surface area contributed by atoms with E-state index in [0.717, 1.165) is 17.0 Å². The van der Waals surface area contributed by atoms with E-state index in [4.69, 9.17) is 16.9 Å². The Kier molecular flexibility index (Phi) is 11.1. The van der Waals surface area contributed by atoms with Crippen LogP contribution in [0.3, 0.4) is 0 Å². The fourth-order valence-electron chi connectivity index (χ4n) is 5.42. The Bertz CT molecular complexity index is 1630. The van der Waals surface area contributed by atoms with Gasteiger partial charge in [-0.25, -0.2) is 23.1 Å². The van der Waals surface area contributed by atoms with Gasteiger partial charge in [0, 0.05) is 59.6 Å². The van der Waals surface area contributed by atoms with E-state index in [1.54, 1.807) is 12.1 Å². The number of nitrogens with zero attached hydrogens (tertiary/aromatic N) is 4. The lowest BCUT2D eigenvalue weighted by atomic mass is 9.87. The van der Waals surface area contributed by atoms with Crippen LogP contribution in [-0.2, 0) is 14.4 Å². The maximum absolute atomic E-state index is 14.5. The van der Waals surface area contributed by atoms with E-state index in [2.05, 4.69) is 15.3 Å². The van der Waals surface area contributed by atoms with Crippen molar-refractivity contribution in [3.8, 4) is 6.07 Å². The summed E-state index contributed by atoms with van der Waals surface area (Å²) in [5.74, 6) is -7.13. The maximum Gasteiger partial charge on any atom is 0.252 e. The lowest BCUT2D eigenvalue weighted by molar-refractivity contribution is -0.134. The molecule has 0 bridgehead atoms. The Hall–Kier alpha value is -4.34. The van der Waals surface area contributed by atoms with Gasteiger partial charge in [-0.1, -0.05) is 49.7 Å². The van der Waals surface area contributed by atoms with Crippen molar-refractivity contribution in [2.45, 2.75) is 76.0 Å². The third-order valence-corrected chi connectivity index (χ3v) is 8.27. The molecular formula is C33H33ClF3N5O4. The van der Waals surface area contributed by atoms with E-state index in [1.165, 1.54) is 43.5 Å². The van der Waals surface area contributed by atoms with Gasteiger partial charge in [-0.2, -0.15) is 5.26 Å². The van der Waals surface area contributed by atoms with Crippen LogP contribution in [0.2, 0.25) is 5.02 Å². The van der Waals surface area contributed by atoms with E-state index in [1.807, 2.05) is 13.0 Å². The van der Waals surface area contributed by atoms with Crippen molar-refractivity contribution in [3.05, 3.63) is 88.7 Å². The molecule has 4 unspecified atom stereocenters. The lowest BCUT2D eigenvalue weighted by Gasteiger charge is -2.38. The normalized spacial score (nSPS) is 16.7. The van der Waals surface area contributed by atoms with Gasteiger partial charge in [-0.05, 0) is 43.2 Å². The molecular weight excluding hydrogens is 623 g/mol. The number of anilines is 1. The zero-order chi connectivity index (χ0) is 33.6. The van der Waals surface area contributed by atoms with Crippen LogP contribution in [-0.4, -0.2) is 50.7 Å². The van der Waals surface area contributed by atoms with E-state index >= 15 is 0 Å². The molecule has 9 nitrogen and oxygen atoms in total. The Morgan fingerprint density at radius 2 is 1.89 bits per heavy atom. The molecule has 3 aromatic rings. The summed E-state index contributed by atoms with van der Waals surface area (Å²) >= 11 is 6.47. The van der Waals surface area contributed by atoms with Crippen LogP contribution in [0, 0.1) is 23.1 Å². The van der Waals surface area contributed by atoms with E-state index in [9.17, 15) is 32.7 Å². The van der Waals surface area contributed by atoms with Crippen LogP contribution >= 0.6 is 11.6 Å². The summed E-state index contributed by atoms with van der Waals surface area (Å²) in [7, 11) is 0. The number of carbonyl (C=O) groups excluding carboxylic acids is 3. The first-order chi connectivity index (χ1) is 21.8. The van der Waals surface area contributed by atoms with Crippen LogP contribution in [0.5, 0.6) is 0 Å². The molecule has 4 rings (SSSR count). The Labute approximate surface area is 269 Å². The number of aromatic nitrogens is 2. The highest BCUT2D eigenvalue weighted by Gasteiger charge is 2.47. The number of alkyl halides is 2. The Morgan fingerprint density at radius 1 is 1.17 bits per heavy atom. The zero-order valence-electron chi connectivity index (χ0n) is 25.2. The highest BCUT2D eigenvalue weighted by molar-refractivity contribution is 6.31. The van der Waals surface area contributed by atoms with Crippen molar-refractivity contribution in [2.24, 2.45) is 5.92 Å². The van der Waals surface area contributed by atoms with Crippen molar-refractivity contribution < 1.29 is 32.7 Å². The molecule has 1 heterocycles. The molecule has 1 aliphatic rings. The van der Waals surface area contributed by atoms with E-state index in [0.29, 0.717) is 12.2 Å². The number of Topliss-reactive ketones (excluding diaryl/α,β-unsaturated/α-hetero) is 1. The van der Waals surface area contributed by atoms with Crippen LogP contribution in [0.1, 0.15) is 75.0 Å². The molecule has 2 N–H and O–H groups in total. The number of halogens is 4. The summed E-state index contributed by atoms with van der Waals surface area (Å²) in [6.45, 7) is 3.25. The quantitative estimate of drug-likeness (QED) is 0.242. The van der Waals surface area contributed by atoms with Crippen molar-refractivity contribution >= 4 is 34.9 Å². The molecule has 0 spiro atoms. The number of rotatable bonds is 13. The summed E-state index contributed by atoms with van der Waals surface area (Å²) in [4.78, 5) is 50.5. The average Bonchev–Trinajstić information content (AvgIpc) is 3.01. The third kappa shape index (κ3) is 8.27. The number of aliphatic hydroxyl groups is 1. The molecule has 13 heteroatoms. The first-order valence-electron chi connectivity index (χ1n) is 14.8. The topological polar surface area (TPSA) is 136 Å².